The van der Waals surface area contributed by atoms with E-state index in [9.17, 15) is 0 Å². The van der Waals surface area contributed by atoms with E-state index in [2.05, 4.69) is 32.2 Å². The zero-order chi connectivity index (χ0) is 16.3. The molecule has 0 unspecified atom stereocenters. The van der Waals surface area contributed by atoms with Crippen LogP contribution in [0.5, 0.6) is 0 Å². The van der Waals surface area contributed by atoms with Crippen LogP contribution in [0.25, 0.3) is 0 Å². The normalized spacial score (nSPS) is 10.9. The van der Waals surface area contributed by atoms with E-state index in [1.165, 1.54) is 96.4 Å². The molecule has 0 spiro atoms. The van der Waals surface area contributed by atoms with Crippen LogP contribution in [0.3, 0.4) is 0 Å². The maximum atomic E-state index is 3.58. The van der Waals surface area contributed by atoms with Gasteiger partial charge in [0, 0.05) is 6.54 Å². The van der Waals surface area contributed by atoms with Gasteiger partial charge in [-0.2, -0.15) is 0 Å². The molecular weight excluding hydrogens is 266 g/mol. The number of allylic oxidation sites excluding steroid dienone is 1. The first-order valence-corrected chi connectivity index (χ1v) is 10.2. The zero-order valence-electron chi connectivity index (χ0n) is 15.9. The van der Waals surface area contributed by atoms with Gasteiger partial charge in [-0.1, -0.05) is 103 Å². The van der Waals surface area contributed by atoms with Crippen LogP contribution in [0.1, 0.15) is 111 Å². The minimum absolute atomic E-state index is 1.08. The van der Waals surface area contributed by atoms with Crippen LogP contribution in [-0.2, 0) is 0 Å². The van der Waals surface area contributed by atoms with Crippen LogP contribution in [0.4, 0.5) is 0 Å². The average molecular weight is 310 g/mol. The van der Waals surface area contributed by atoms with Gasteiger partial charge in [0.25, 0.3) is 0 Å². The summed E-state index contributed by atoms with van der Waals surface area (Å²) in [4.78, 5) is 0. The fourth-order valence-electron chi connectivity index (χ4n) is 3.03. The van der Waals surface area contributed by atoms with Crippen molar-refractivity contribution in [3.8, 4) is 0 Å². The molecule has 0 saturated carbocycles. The van der Waals surface area contributed by atoms with Crippen LogP contribution in [0, 0.1) is 0 Å². The van der Waals surface area contributed by atoms with Crippen molar-refractivity contribution in [2.24, 2.45) is 0 Å². The van der Waals surface area contributed by atoms with Crippen molar-refractivity contribution >= 4 is 0 Å². The molecule has 0 aromatic carbocycles. The Balaban J connectivity index is 3.27. The molecule has 22 heavy (non-hydrogen) atoms. The molecule has 132 valence electrons. The van der Waals surface area contributed by atoms with Crippen molar-refractivity contribution < 1.29 is 0 Å². The minimum Gasteiger partial charge on any atom is -0.313 e. The second-order valence-electron chi connectivity index (χ2n) is 6.75. The van der Waals surface area contributed by atoms with Crippen LogP contribution in [0.15, 0.2) is 11.6 Å². The molecule has 1 nitrogen and oxygen atoms in total. The quantitative estimate of drug-likeness (QED) is 0.225. The second kappa shape index (κ2) is 18.7. The molecule has 0 rings (SSSR count). The van der Waals surface area contributed by atoms with Crippen molar-refractivity contribution in [3.63, 3.8) is 0 Å². The Morgan fingerprint density at radius 1 is 0.636 bits per heavy atom. The fraction of sp³-hybridized carbons (Fsp3) is 0.905. The summed E-state index contributed by atoms with van der Waals surface area (Å²) >= 11 is 0. The molecule has 0 aliphatic rings. The monoisotopic (exact) mass is 309 g/mol. The van der Waals surface area contributed by atoms with Crippen molar-refractivity contribution in [3.05, 3.63) is 11.6 Å². The molecule has 0 radical (unpaired) electrons. The Hall–Kier alpha value is -0.300. The maximum Gasteiger partial charge on any atom is 0.0137 e. The van der Waals surface area contributed by atoms with Gasteiger partial charge in [0.1, 0.15) is 0 Å². The molecular formula is C21H43N. The van der Waals surface area contributed by atoms with Crippen molar-refractivity contribution in [1.29, 1.82) is 0 Å². The Morgan fingerprint density at radius 2 is 1.14 bits per heavy atom. The van der Waals surface area contributed by atoms with Gasteiger partial charge >= 0.3 is 0 Å². The number of hydrogen-bond donors (Lipinski definition) is 1. The summed E-state index contributed by atoms with van der Waals surface area (Å²) in [7, 11) is 0. The zero-order valence-corrected chi connectivity index (χ0v) is 15.9. The molecule has 0 aliphatic heterocycles. The highest BCUT2D eigenvalue weighted by Gasteiger charge is 1.95. The van der Waals surface area contributed by atoms with Gasteiger partial charge in [-0.15, -0.1) is 0 Å². The van der Waals surface area contributed by atoms with Gasteiger partial charge in [0.2, 0.25) is 0 Å². The van der Waals surface area contributed by atoms with E-state index in [1.54, 1.807) is 5.57 Å². The lowest BCUT2D eigenvalue weighted by Crippen LogP contribution is -2.15. The number of unbranched alkanes of at least 4 members (excludes halogenated alkanes) is 9. The van der Waals surface area contributed by atoms with Gasteiger partial charge in [0.15, 0.2) is 0 Å². The number of rotatable bonds is 17. The lowest BCUT2D eigenvalue weighted by atomic mass is 10.1. The standard InChI is InChI=1S/C21H43N/c1-4-7-8-9-10-11-12-13-14-15-19-22-20-18-21(16-5-2)17-6-3/h18,22H,4-17,19-20H2,1-3H3. The summed E-state index contributed by atoms with van der Waals surface area (Å²) in [5.41, 5.74) is 1.65. The second-order valence-corrected chi connectivity index (χ2v) is 6.75. The third kappa shape index (κ3) is 16.1. The molecule has 0 saturated heterocycles. The first-order chi connectivity index (χ1) is 10.8. The summed E-state index contributed by atoms with van der Waals surface area (Å²) in [6.07, 6.45) is 21.8. The Labute approximate surface area is 141 Å². The molecule has 0 aliphatic carbocycles. The van der Waals surface area contributed by atoms with E-state index in [0.29, 0.717) is 0 Å². The minimum atomic E-state index is 1.08. The highest BCUT2D eigenvalue weighted by atomic mass is 14.8. The van der Waals surface area contributed by atoms with Crippen LogP contribution in [0.2, 0.25) is 0 Å². The largest absolute Gasteiger partial charge is 0.313 e. The first kappa shape index (κ1) is 21.7. The highest BCUT2D eigenvalue weighted by molar-refractivity contribution is 5.02. The SMILES string of the molecule is CCCCCCCCCCCCNCC=C(CCC)CCC. The highest BCUT2D eigenvalue weighted by Crippen LogP contribution is 2.11. The van der Waals surface area contributed by atoms with E-state index in [1.807, 2.05) is 0 Å². The molecule has 0 atom stereocenters. The topological polar surface area (TPSA) is 12.0 Å². The molecule has 0 heterocycles. The van der Waals surface area contributed by atoms with E-state index >= 15 is 0 Å². The van der Waals surface area contributed by atoms with Crippen LogP contribution in [-0.4, -0.2) is 13.1 Å². The summed E-state index contributed by atoms with van der Waals surface area (Å²) in [6.45, 7) is 9.12. The molecule has 0 aromatic rings. The predicted molar refractivity (Wildman–Crippen MR) is 103 cm³/mol. The lowest BCUT2D eigenvalue weighted by molar-refractivity contribution is 0.548. The van der Waals surface area contributed by atoms with Crippen molar-refractivity contribution in [1.82, 2.24) is 5.32 Å². The summed E-state index contributed by atoms with van der Waals surface area (Å²) in [5.74, 6) is 0. The van der Waals surface area contributed by atoms with E-state index < -0.39 is 0 Å². The smallest absolute Gasteiger partial charge is 0.0137 e. The van der Waals surface area contributed by atoms with Crippen LogP contribution < -0.4 is 5.32 Å². The molecule has 1 heteroatoms. The Kier molecular flexibility index (Phi) is 18.5. The van der Waals surface area contributed by atoms with Gasteiger partial charge in [-0.05, 0) is 25.8 Å². The van der Waals surface area contributed by atoms with Gasteiger partial charge in [-0.25, -0.2) is 0 Å². The Morgan fingerprint density at radius 3 is 1.64 bits per heavy atom. The van der Waals surface area contributed by atoms with Gasteiger partial charge in [-0.3, -0.25) is 0 Å². The first-order valence-electron chi connectivity index (χ1n) is 10.2. The molecule has 0 amide bonds. The third-order valence-corrected chi connectivity index (χ3v) is 4.38. The number of nitrogens with one attached hydrogen (secondary N) is 1. The average Bonchev–Trinajstić information content (AvgIpc) is 2.52. The molecule has 1 N–H and O–H groups in total. The Bertz CT molecular complexity index is 224. The summed E-state index contributed by atoms with van der Waals surface area (Å²) < 4.78 is 0. The molecule has 0 bridgehead atoms. The molecule has 0 aromatic heterocycles. The van der Waals surface area contributed by atoms with Crippen LogP contribution >= 0.6 is 0 Å². The third-order valence-electron chi connectivity index (χ3n) is 4.38. The predicted octanol–water partition coefficient (Wildman–Crippen LogP) is 7.02. The van der Waals surface area contributed by atoms with Gasteiger partial charge in [0.05, 0.1) is 0 Å². The lowest BCUT2D eigenvalue weighted by Gasteiger charge is -2.06. The van der Waals surface area contributed by atoms with Gasteiger partial charge < -0.3 is 5.32 Å². The van der Waals surface area contributed by atoms with E-state index in [4.69, 9.17) is 0 Å². The molecule has 0 fully saturated rings. The van der Waals surface area contributed by atoms with Crippen molar-refractivity contribution in [2.75, 3.05) is 13.1 Å². The van der Waals surface area contributed by atoms with E-state index in [0.717, 1.165) is 6.54 Å². The summed E-state index contributed by atoms with van der Waals surface area (Å²) in [6, 6.07) is 0. The fourth-order valence-corrected chi connectivity index (χ4v) is 3.03. The maximum absolute atomic E-state index is 3.58. The number of hydrogen-bond acceptors (Lipinski definition) is 1. The van der Waals surface area contributed by atoms with E-state index in [-0.39, 0.29) is 0 Å². The van der Waals surface area contributed by atoms with Crippen molar-refractivity contribution in [2.45, 2.75) is 111 Å². The summed E-state index contributed by atoms with van der Waals surface area (Å²) in [5, 5.41) is 3.58.